The molecule has 8 nitrogen and oxygen atoms in total. The van der Waals surface area contributed by atoms with E-state index in [0.29, 0.717) is 17.1 Å². The maximum absolute atomic E-state index is 12.2. The second-order valence-electron chi connectivity index (χ2n) is 4.91. The van der Waals surface area contributed by atoms with Gasteiger partial charge in [0.25, 0.3) is 5.91 Å². The van der Waals surface area contributed by atoms with Crippen molar-refractivity contribution in [3.63, 3.8) is 0 Å². The zero-order valence-electron chi connectivity index (χ0n) is 11.7. The van der Waals surface area contributed by atoms with E-state index in [2.05, 4.69) is 25.2 Å². The maximum Gasteiger partial charge on any atom is 0.258 e. The fourth-order valence-electron chi connectivity index (χ4n) is 1.97. The number of aromatic nitrogens is 4. The summed E-state index contributed by atoms with van der Waals surface area (Å²) in [6.45, 7) is 3.29. The highest BCUT2D eigenvalue weighted by molar-refractivity contribution is 7.11. The summed E-state index contributed by atoms with van der Waals surface area (Å²) in [6, 6.07) is 0.285. The minimum atomic E-state index is -0.164. The van der Waals surface area contributed by atoms with Crippen LogP contribution in [0.5, 0.6) is 0 Å². The number of hydrogen-bond donors (Lipinski definition) is 3. The van der Waals surface area contributed by atoms with Gasteiger partial charge in [-0.2, -0.15) is 4.37 Å². The van der Waals surface area contributed by atoms with Gasteiger partial charge in [-0.3, -0.25) is 4.79 Å². The zero-order valence-corrected chi connectivity index (χ0v) is 12.5. The van der Waals surface area contributed by atoms with Crippen molar-refractivity contribution in [2.24, 2.45) is 0 Å². The number of hydrogen-bond acceptors (Lipinski definition) is 7. The number of nitrogens with zero attached hydrogens (tertiary/aromatic N) is 4. The van der Waals surface area contributed by atoms with Gasteiger partial charge in [0.05, 0.1) is 6.54 Å². The summed E-state index contributed by atoms with van der Waals surface area (Å²) in [7, 11) is 0. The Morgan fingerprint density at radius 3 is 3.10 bits per heavy atom. The van der Waals surface area contributed by atoms with Gasteiger partial charge in [0.1, 0.15) is 16.9 Å². The third kappa shape index (κ3) is 2.97. The Kier molecular flexibility index (Phi) is 3.74. The van der Waals surface area contributed by atoms with Crippen molar-refractivity contribution in [2.45, 2.75) is 38.9 Å². The summed E-state index contributed by atoms with van der Waals surface area (Å²) in [4.78, 5) is 12.2. The minimum Gasteiger partial charge on any atom is -0.382 e. The van der Waals surface area contributed by atoms with E-state index in [1.54, 1.807) is 6.33 Å². The summed E-state index contributed by atoms with van der Waals surface area (Å²) in [5.41, 5.74) is 6.23. The molecule has 3 rings (SSSR count). The Balaban J connectivity index is 1.71. The van der Waals surface area contributed by atoms with Crippen molar-refractivity contribution in [2.75, 3.05) is 11.1 Å². The average molecular weight is 307 g/mol. The van der Waals surface area contributed by atoms with Crippen LogP contribution in [0.25, 0.3) is 0 Å². The second-order valence-corrected chi connectivity index (χ2v) is 5.68. The summed E-state index contributed by atoms with van der Waals surface area (Å²) in [6.07, 6.45) is 3.75. The molecule has 1 saturated carbocycles. The van der Waals surface area contributed by atoms with Gasteiger partial charge in [-0.1, -0.05) is 0 Å². The number of aryl methyl sites for hydroxylation is 1. The van der Waals surface area contributed by atoms with Gasteiger partial charge in [-0.15, -0.1) is 10.2 Å². The number of nitrogens with two attached hydrogens (primary N) is 1. The molecule has 21 heavy (non-hydrogen) atoms. The molecule has 0 saturated heterocycles. The van der Waals surface area contributed by atoms with Gasteiger partial charge in [0, 0.05) is 12.6 Å². The van der Waals surface area contributed by atoms with Crippen LogP contribution in [0.1, 0.15) is 35.9 Å². The first-order valence-electron chi connectivity index (χ1n) is 6.85. The SMILES string of the molecule is CCn1cnnc1CNc1snc(N)c1C(=O)NC1CC1. The molecule has 2 aromatic rings. The Morgan fingerprint density at radius 2 is 2.38 bits per heavy atom. The maximum atomic E-state index is 12.2. The smallest absolute Gasteiger partial charge is 0.258 e. The first-order valence-corrected chi connectivity index (χ1v) is 7.63. The molecule has 0 aromatic carbocycles. The van der Waals surface area contributed by atoms with E-state index in [-0.39, 0.29) is 17.8 Å². The number of anilines is 2. The monoisotopic (exact) mass is 307 g/mol. The number of carbonyl (C=O) groups is 1. The lowest BCUT2D eigenvalue weighted by molar-refractivity contribution is 0.0953. The van der Waals surface area contributed by atoms with Gasteiger partial charge in [-0.25, -0.2) is 0 Å². The second kappa shape index (κ2) is 5.68. The zero-order chi connectivity index (χ0) is 14.8. The summed E-state index contributed by atoms with van der Waals surface area (Å²) in [5.74, 6) is 0.902. The van der Waals surface area contributed by atoms with Crippen molar-refractivity contribution in [1.29, 1.82) is 0 Å². The van der Waals surface area contributed by atoms with Gasteiger partial charge in [0.15, 0.2) is 11.6 Å². The van der Waals surface area contributed by atoms with Crippen LogP contribution >= 0.6 is 11.5 Å². The molecule has 2 heterocycles. The van der Waals surface area contributed by atoms with E-state index in [4.69, 9.17) is 5.73 Å². The average Bonchev–Trinajstić information content (AvgIpc) is 3.02. The molecule has 9 heteroatoms. The van der Waals surface area contributed by atoms with Gasteiger partial charge >= 0.3 is 0 Å². The van der Waals surface area contributed by atoms with Crippen LogP contribution in [0.4, 0.5) is 10.8 Å². The van der Waals surface area contributed by atoms with Gasteiger partial charge in [0.2, 0.25) is 0 Å². The molecular weight excluding hydrogens is 290 g/mol. The molecular formula is C12H17N7OS. The summed E-state index contributed by atoms with van der Waals surface area (Å²) < 4.78 is 5.99. The predicted molar refractivity (Wildman–Crippen MR) is 80.0 cm³/mol. The van der Waals surface area contributed by atoms with Gasteiger partial charge < -0.3 is 20.9 Å². The van der Waals surface area contributed by atoms with E-state index < -0.39 is 0 Å². The van der Waals surface area contributed by atoms with E-state index in [0.717, 1.165) is 25.2 Å². The first-order chi connectivity index (χ1) is 10.2. The minimum absolute atomic E-state index is 0.164. The van der Waals surface area contributed by atoms with Crippen LogP contribution in [0, 0.1) is 0 Å². The highest BCUT2D eigenvalue weighted by Gasteiger charge is 2.27. The topological polar surface area (TPSA) is 111 Å². The first kappa shape index (κ1) is 13.8. The normalized spacial score (nSPS) is 14.1. The number of rotatable bonds is 6. The highest BCUT2D eigenvalue weighted by atomic mass is 32.1. The quantitative estimate of drug-likeness (QED) is 0.729. The fourth-order valence-corrected chi connectivity index (χ4v) is 2.67. The number of amides is 1. The summed E-state index contributed by atoms with van der Waals surface area (Å²) >= 11 is 1.18. The molecule has 1 fully saturated rings. The fraction of sp³-hybridized carbons (Fsp3) is 0.500. The van der Waals surface area contributed by atoms with Crippen LogP contribution in [0.15, 0.2) is 6.33 Å². The lowest BCUT2D eigenvalue weighted by Crippen LogP contribution is -2.26. The standard InChI is InChI=1S/C12H17N7OS/c1-2-19-6-15-17-8(19)5-14-12-9(10(13)18-21-12)11(20)16-7-3-4-7/h6-7,14H,2-5H2,1H3,(H2,13,18)(H,16,20). The molecule has 0 unspecified atom stereocenters. The molecule has 0 aliphatic heterocycles. The van der Waals surface area contributed by atoms with E-state index >= 15 is 0 Å². The van der Waals surface area contributed by atoms with Crippen molar-refractivity contribution in [3.05, 3.63) is 17.7 Å². The van der Waals surface area contributed by atoms with E-state index in [1.807, 2.05) is 11.5 Å². The van der Waals surface area contributed by atoms with Crippen LogP contribution in [-0.4, -0.2) is 31.1 Å². The Hall–Kier alpha value is -2.16. The lowest BCUT2D eigenvalue weighted by atomic mass is 10.3. The molecule has 0 spiro atoms. The number of carbonyl (C=O) groups excluding carboxylic acids is 1. The van der Waals surface area contributed by atoms with Crippen LogP contribution in [0.2, 0.25) is 0 Å². The van der Waals surface area contributed by atoms with Crippen LogP contribution < -0.4 is 16.4 Å². The lowest BCUT2D eigenvalue weighted by Gasteiger charge is -2.08. The molecule has 112 valence electrons. The third-order valence-corrected chi connectivity index (χ3v) is 4.12. The highest BCUT2D eigenvalue weighted by Crippen LogP contribution is 2.28. The largest absolute Gasteiger partial charge is 0.382 e. The molecule has 1 amide bonds. The molecule has 2 aromatic heterocycles. The Morgan fingerprint density at radius 1 is 1.57 bits per heavy atom. The molecule has 1 aliphatic carbocycles. The van der Waals surface area contributed by atoms with Crippen molar-refractivity contribution >= 4 is 28.3 Å². The van der Waals surface area contributed by atoms with E-state index in [1.165, 1.54) is 11.5 Å². The number of nitrogens with one attached hydrogen (secondary N) is 2. The molecule has 0 bridgehead atoms. The van der Waals surface area contributed by atoms with E-state index in [9.17, 15) is 4.79 Å². The molecule has 0 atom stereocenters. The Labute approximate surface area is 125 Å². The van der Waals surface area contributed by atoms with Crippen molar-refractivity contribution in [1.82, 2.24) is 24.5 Å². The number of nitrogen functional groups attached to an aromatic ring is 1. The van der Waals surface area contributed by atoms with Crippen molar-refractivity contribution < 1.29 is 4.79 Å². The molecule has 0 radical (unpaired) electrons. The Bertz CT molecular complexity index is 646. The predicted octanol–water partition coefficient (Wildman–Crippen LogP) is 0.841. The molecule has 4 N–H and O–H groups in total. The third-order valence-electron chi connectivity index (χ3n) is 3.30. The van der Waals surface area contributed by atoms with Crippen LogP contribution in [0.3, 0.4) is 0 Å². The summed E-state index contributed by atoms with van der Waals surface area (Å²) in [5, 5.41) is 14.7. The molecule has 1 aliphatic rings. The van der Waals surface area contributed by atoms with Gasteiger partial charge in [-0.05, 0) is 31.3 Å². The van der Waals surface area contributed by atoms with Crippen molar-refractivity contribution in [3.8, 4) is 0 Å². The van der Waals surface area contributed by atoms with Crippen LogP contribution in [-0.2, 0) is 13.1 Å².